The molecule has 33 heavy (non-hydrogen) atoms. The van der Waals surface area contributed by atoms with Gasteiger partial charge < -0.3 is 19.7 Å². The molecule has 0 aliphatic rings. The first-order valence-electron chi connectivity index (χ1n) is 12.0. The van der Waals surface area contributed by atoms with Crippen molar-refractivity contribution in [3.05, 3.63) is 95.6 Å². The molecule has 0 aromatic heterocycles. The van der Waals surface area contributed by atoms with Crippen molar-refractivity contribution in [3.8, 4) is 11.5 Å². The fraction of sp³-hybridized carbons (Fsp3) is 0.379. The van der Waals surface area contributed by atoms with Gasteiger partial charge in [-0.3, -0.25) is 0 Å². The predicted molar refractivity (Wildman–Crippen MR) is 132 cm³/mol. The van der Waals surface area contributed by atoms with E-state index in [-0.39, 0.29) is 6.10 Å². The van der Waals surface area contributed by atoms with E-state index in [9.17, 15) is 10.2 Å². The molecule has 0 amide bonds. The summed E-state index contributed by atoms with van der Waals surface area (Å²) in [7, 11) is 0. The number of benzene rings is 3. The van der Waals surface area contributed by atoms with Crippen LogP contribution in [0.25, 0.3) is 0 Å². The average molecular weight is 449 g/mol. The monoisotopic (exact) mass is 448 g/mol. The molecule has 0 heterocycles. The van der Waals surface area contributed by atoms with Gasteiger partial charge in [-0.15, -0.1) is 0 Å². The number of unbranched alkanes of at least 4 members (excludes halogenated alkanes) is 3. The summed E-state index contributed by atoms with van der Waals surface area (Å²) in [6.45, 7) is 2.67. The van der Waals surface area contributed by atoms with Gasteiger partial charge in [-0.1, -0.05) is 98.5 Å². The van der Waals surface area contributed by atoms with Crippen molar-refractivity contribution < 1.29 is 19.7 Å². The van der Waals surface area contributed by atoms with Gasteiger partial charge >= 0.3 is 0 Å². The maximum absolute atomic E-state index is 11.0. The lowest BCUT2D eigenvalue weighted by molar-refractivity contribution is 0.153. The molecule has 0 radical (unpaired) electrons. The minimum absolute atomic E-state index is 0.237. The Kier molecular flexibility index (Phi) is 10.3. The lowest BCUT2D eigenvalue weighted by Gasteiger charge is -2.20. The number of hydrogen-bond acceptors (Lipinski definition) is 4. The summed E-state index contributed by atoms with van der Waals surface area (Å²) >= 11 is 0. The van der Waals surface area contributed by atoms with Gasteiger partial charge in [0.05, 0.1) is 12.2 Å². The molecule has 3 aromatic rings. The second kappa shape index (κ2) is 13.7. The van der Waals surface area contributed by atoms with E-state index in [4.69, 9.17) is 9.47 Å². The summed E-state index contributed by atoms with van der Waals surface area (Å²) in [5.74, 6) is 1.25. The third-order valence-corrected chi connectivity index (χ3v) is 5.68. The molecule has 3 rings (SSSR count). The van der Waals surface area contributed by atoms with Crippen LogP contribution in [-0.4, -0.2) is 16.3 Å². The first kappa shape index (κ1) is 24.8. The maximum Gasteiger partial charge on any atom is 0.167 e. The zero-order chi connectivity index (χ0) is 23.3. The summed E-state index contributed by atoms with van der Waals surface area (Å²) < 4.78 is 12.3. The number of hydrogen-bond donors (Lipinski definition) is 2. The smallest absolute Gasteiger partial charge is 0.167 e. The SMILES string of the molecule is CC(O)CCCCCCC(O)c1cccc(OCc2ccccc2)c1OCc1ccccc1. The van der Waals surface area contributed by atoms with Crippen molar-refractivity contribution in [2.45, 2.75) is 70.9 Å². The molecule has 3 aromatic carbocycles. The van der Waals surface area contributed by atoms with Crippen molar-refractivity contribution in [1.29, 1.82) is 0 Å². The Hall–Kier alpha value is -2.82. The van der Waals surface area contributed by atoms with E-state index in [1.54, 1.807) is 0 Å². The lowest BCUT2D eigenvalue weighted by Crippen LogP contribution is -2.06. The Balaban J connectivity index is 1.67. The molecule has 4 nitrogen and oxygen atoms in total. The van der Waals surface area contributed by atoms with Crippen molar-refractivity contribution in [1.82, 2.24) is 0 Å². The Labute approximate surface area is 197 Å². The molecule has 0 saturated heterocycles. The van der Waals surface area contributed by atoms with Crippen LogP contribution in [0.4, 0.5) is 0 Å². The maximum atomic E-state index is 11.0. The van der Waals surface area contributed by atoms with E-state index in [0.717, 1.165) is 48.8 Å². The quantitative estimate of drug-likeness (QED) is 0.273. The lowest BCUT2D eigenvalue weighted by atomic mass is 10.0. The van der Waals surface area contributed by atoms with E-state index in [2.05, 4.69) is 0 Å². The molecule has 0 spiro atoms. The molecule has 2 unspecified atom stereocenters. The van der Waals surface area contributed by atoms with Crippen LogP contribution in [0.3, 0.4) is 0 Å². The first-order chi connectivity index (χ1) is 16.1. The minimum Gasteiger partial charge on any atom is -0.485 e. The number of rotatable bonds is 14. The Morgan fingerprint density at radius 2 is 1.21 bits per heavy atom. The van der Waals surface area contributed by atoms with Gasteiger partial charge in [0.25, 0.3) is 0 Å². The summed E-state index contributed by atoms with van der Waals surface area (Å²) in [5, 5.41) is 20.4. The Bertz CT molecular complexity index is 925. The zero-order valence-corrected chi connectivity index (χ0v) is 19.5. The van der Waals surface area contributed by atoms with E-state index < -0.39 is 6.10 Å². The van der Waals surface area contributed by atoms with Gasteiger partial charge in [0.1, 0.15) is 13.2 Å². The van der Waals surface area contributed by atoms with Crippen LogP contribution in [0, 0.1) is 0 Å². The molecule has 176 valence electrons. The molecule has 0 aliphatic heterocycles. The molecule has 0 aliphatic carbocycles. The van der Waals surface area contributed by atoms with Crippen LogP contribution < -0.4 is 9.47 Å². The summed E-state index contributed by atoms with van der Waals surface area (Å²) in [5.41, 5.74) is 2.91. The topological polar surface area (TPSA) is 58.9 Å². The van der Waals surface area contributed by atoms with Crippen molar-refractivity contribution in [3.63, 3.8) is 0 Å². The number of aliphatic hydroxyl groups is 2. The van der Waals surface area contributed by atoms with Crippen molar-refractivity contribution in [2.75, 3.05) is 0 Å². The third kappa shape index (κ3) is 8.56. The normalized spacial score (nSPS) is 12.8. The number of aliphatic hydroxyl groups excluding tert-OH is 2. The highest BCUT2D eigenvalue weighted by atomic mass is 16.5. The van der Waals surface area contributed by atoms with Gasteiger partial charge in [-0.05, 0) is 37.0 Å². The van der Waals surface area contributed by atoms with Crippen LogP contribution in [0.15, 0.2) is 78.9 Å². The zero-order valence-electron chi connectivity index (χ0n) is 19.5. The molecular formula is C29H36O4. The molecular weight excluding hydrogens is 412 g/mol. The van der Waals surface area contributed by atoms with E-state index >= 15 is 0 Å². The van der Waals surface area contributed by atoms with E-state index in [0.29, 0.717) is 31.1 Å². The molecule has 0 fully saturated rings. The van der Waals surface area contributed by atoms with Crippen LogP contribution in [0.1, 0.15) is 68.2 Å². The Morgan fingerprint density at radius 3 is 1.82 bits per heavy atom. The molecule has 2 atom stereocenters. The average Bonchev–Trinajstić information content (AvgIpc) is 2.84. The van der Waals surface area contributed by atoms with Crippen molar-refractivity contribution in [2.24, 2.45) is 0 Å². The van der Waals surface area contributed by atoms with Gasteiger partial charge in [-0.2, -0.15) is 0 Å². The number of ether oxygens (including phenoxy) is 2. The minimum atomic E-state index is -0.618. The standard InChI is InChI=1S/C29H36O4/c1-23(30)13-6-2-3-11-19-27(31)26-18-12-20-28(32-21-24-14-7-4-8-15-24)29(26)33-22-25-16-9-5-10-17-25/h4-5,7-10,12,14-18,20,23,27,30-31H,2-3,6,11,13,19,21-22H2,1H3. The fourth-order valence-electron chi connectivity index (χ4n) is 3.81. The largest absolute Gasteiger partial charge is 0.485 e. The van der Waals surface area contributed by atoms with Crippen LogP contribution in [0.2, 0.25) is 0 Å². The predicted octanol–water partition coefficient (Wildman–Crippen LogP) is 6.60. The second-order valence-electron chi connectivity index (χ2n) is 8.58. The number of para-hydroxylation sites is 1. The summed E-state index contributed by atoms with van der Waals surface area (Å²) in [4.78, 5) is 0. The van der Waals surface area contributed by atoms with Crippen LogP contribution in [-0.2, 0) is 13.2 Å². The van der Waals surface area contributed by atoms with E-state index in [1.807, 2.05) is 85.8 Å². The van der Waals surface area contributed by atoms with Crippen LogP contribution >= 0.6 is 0 Å². The Morgan fingerprint density at radius 1 is 0.636 bits per heavy atom. The summed E-state index contributed by atoms with van der Waals surface area (Å²) in [6.07, 6.45) is 4.69. The highest BCUT2D eigenvalue weighted by Gasteiger charge is 2.18. The first-order valence-corrected chi connectivity index (χ1v) is 12.0. The van der Waals surface area contributed by atoms with E-state index in [1.165, 1.54) is 0 Å². The molecule has 0 bridgehead atoms. The fourth-order valence-corrected chi connectivity index (χ4v) is 3.81. The van der Waals surface area contributed by atoms with Gasteiger partial charge in [0.2, 0.25) is 0 Å². The summed E-state index contributed by atoms with van der Waals surface area (Å²) in [6, 6.07) is 25.8. The highest BCUT2D eigenvalue weighted by molar-refractivity contribution is 5.48. The molecule has 4 heteroatoms. The highest BCUT2D eigenvalue weighted by Crippen LogP contribution is 2.38. The van der Waals surface area contributed by atoms with Gasteiger partial charge in [0, 0.05) is 5.56 Å². The van der Waals surface area contributed by atoms with Crippen LogP contribution in [0.5, 0.6) is 11.5 Å². The second-order valence-corrected chi connectivity index (χ2v) is 8.58. The molecule has 2 N–H and O–H groups in total. The van der Waals surface area contributed by atoms with Gasteiger partial charge in [0.15, 0.2) is 11.5 Å². The van der Waals surface area contributed by atoms with Crippen molar-refractivity contribution >= 4 is 0 Å². The third-order valence-electron chi connectivity index (χ3n) is 5.68. The molecule has 0 saturated carbocycles. The van der Waals surface area contributed by atoms with Gasteiger partial charge in [-0.25, -0.2) is 0 Å².